The second kappa shape index (κ2) is 6.73. The van der Waals surface area contributed by atoms with Crippen LogP contribution in [0.15, 0.2) is 35.1 Å². The van der Waals surface area contributed by atoms with Crippen LogP contribution in [0.3, 0.4) is 0 Å². The van der Waals surface area contributed by atoms with Crippen molar-refractivity contribution in [3.8, 4) is 5.75 Å². The van der Waals surface area contributed by atoms with Crippen molar-refractivity contribution in [2.75, 3.05) is 18.0 Å². The molecule has 2 heterocycles. The highest BCUT2D eigenvalue weighted by Crippen LogP contribution is 2.44. The number of rotatable bonds is 5. The molecule has 0 atom stereocenters. The zero-order chi connectivity index (χ0) is 18.1. The second-order valence-electron chi connectivity index (χ2n) is 5.15. The highest BCUT2D eigenvalue weighted by Gasteiger charge is 2.40. The van der Waals surface area contributed by atoms with Crippen LogP contribution in [0.2, 0.25) is 0 Å². The summed E-state index contributed by atoms with van der Waals surface area (Å²) in [6.45, 7) is -0.436. The van der Waals surface area contributed by atoms with E-state index in [1.165, 1.54) is 0 Å². The van der Waals surface area contributed by atoms with Crippen LogP contribution in [-0.4, -0.2) is 50.4 Å². The SMILES string of the molecule is O=C(O)CCN1C(=C2SC(=S)N(CC(=O)O)C2=O)Oc2ccccc21. The molecular weight excluding hydrogens is 368 g/mol. The van der Waals surface area contributed by atoms with Crippen LogP contribution >= 0.6 is 24.0 Å². The Morgan fingerprint density at radius 2 is 1.88 bits per heavy atom. The van der Waals surface area contributed by atoms with Gasteiger partial charge in [-0.1, -0.05) is 24.4 Å². The van der Waals surface area contributed by atoms with Gasteiger partial charge < -0.3 is 19.8 Å². The molecule has 0 aromatic heterocycles. The van der Waals surface area contributed by atoms with Gasteiger partial charge in [-0.05, 0) is 23.9 Å². The fourth-order valence-electron chi connectivity index (χ4n) is 2.43. The van der Waals surface area contributed by atoms with E-state index in [2.05, 4.69) is 0 Å². The van der Waals surface area contributed by atoms with E-state index in [4.69, 9.17) is 27.2 Å². The predicted molar refractivity (Wildman–Crippen MR) is 93.2 cm³/mol. The van der Waals surface area contributed by atoms with Crippen molar-refractivity contribution in [1.82, 2.24) is 4.90 Å². The lowest BCUT2D eigenvalue weighted by Crippen LogP contribution is -2.34. The van der Waals surface area contributed by atoms with Gasteiger partial charge in [-0.3, -0.25) is 19.3 Å². The third-order valence-corrected chi connectivity index (χ3v) is 4.91. The average molecular weight is 380 g/mol. The molecule has 2 aliphatic rings. The highest BCUT2D eigenvalue weighted by molar-refractivity contribution is 8.26. The first-order valence-electron chi connectivity index (χ1n) is 7.14. The Bertz CT molecular complexity index is 822. The van der Waals surface area contributed by atoms with Gasteiger partial charge in [0.2, 0.25) is 5.88 Å². The molecule has 25 heavy (non-hydrogen) atoms. The van der Waals surface area contributed by atoms with Crippen LogP contribution in [0.1, 0.15) is 6.42 Å². The van der Waals surface area contributed by atoms with Gasteiger partial charge >= 0.3 is 11.9 Å². The van der Waals surface area contributed by atoms with E-state index < -0.39 is 24.4 Å². The first-order chi connectivity index (χ1) is 11.9. The molecule has 1 aromatic carbocycles. The van der Waals surface area contributed by atoms with E-state index in [-0.39, 0.29) is 28.1 Å². The number of carbonyl (C=O) groups is 3. The number of para-hydroxylation sites is 2. The molecule has 0 bridgehead atoms. The summed E-state index contributed by atoms with van der Waals surface area (Å²) >= 11 is 6.02. The van der Waals surface area contributed by atoms with Crippen LogP contribution in [-0.2, 0) is 14.4 Å². The Kier molecular flexibility index (Phi) is 4.64. The summed E-state index contributed by atoms with van der Waals surface area (Å²) < 4.78 is 5.86. The van der Waals surface area contributed by atoms with Crippen molar-refractivity contribution in [2.45, 2.75) is 6.42 Å². The van der Waals surface area contributed by atoms with Crippen molar-refractivity contribution >= 4 is 51.8 Å². The van der Waals surface area contributed by atoms with Crippen molar-refractivity contribution in [2.24, 2.45) is 0 Å². The molecular formula is C15H12N2O6S2. The van der Waals surface area contributed by atoms with Gasteiger partial charge in [0.1, 0.15) is 15.8 Å². The number of hydrogen-bond donors (Lipinski definition) is 2. The molecule has 1 fully saturated rings. The third-order valence-electron chi connectivity index (χ3n) is 3.49. The molecule has 0 unspecified atom stereocenters. The standard InChI is InChI=1S/C15H12N2O6S2/c18-10(19)5-6-16-8-3-1-2-4-9(8)23-14(16)12-13(22)17(7-11(20)21)15(24)25-12/h1-4H,5-7H2,(H,18,19)(H,20,21). The molecule has 0 spiro atoms. The summed E-state index contributed by atoms with van der Waals surface area (Å²) in [6, 6.07) is 6.98. The minimum atomic E-state index is -1.18. The summed E-state index contributed by atoms with van der Waals surface area (Å²) in [5.74, 6) is -2.07. The predicted octanol–water partition coefficient (Wildman–Crippen LogP) is 1.47. The van der Waals surface area contributed by atoms with Gasteiger partial charge in [0.15, 0.2) is 5.75 Å². The fourth-order valence-corrected chi connectivity index (χ4v) is 3.70. The van der Waals surface area contributed by atoms with Gasteiger partial charge in [-0.25, -0.2) is 0 Å². The molecule has 3 rings (SSSR count). The van der Waals surface area contributed by atoms with Crippen LogP contribution < -0.4 is 9.64 Å². The molecule has 0 radical (unpaired) electrons. The van der Waals surface area contributed by atoms with Crippen LogP contribution in [0.4, 0.5) is 5.69 Å². The Morgan fingerprint density at radius 3 is 2.56 bits per heavy atom. The number of carboxylic acids is 2. The zero-order valence-corrected chi connectivity index (χ0v) is 14.3. The number of ether oxygens (including phenoxy) is 1. The number of benzene rings is 1. The Morgan fingerprint density at radius 1 is 1.16 bits per heavy atom. The molecule has 1 aromatic rings. The Hall–Kier alpha value is -2.59. The van der Waals surface area contributed by atoms with Gasteiger partial charge in [-0.2, -0.15) is 0 Å². The van der Waals surface area contributed by atoms with E-state index in [0.717, 1.165) is 16.7 Å². The number of thiocarbonyl (C=S) groups is 1. The normalized spacial score (nSPS) is 19.2. The van der Waals surface area contributed by atoms with E-state index in [0.29, 0.717) is 11.4 Å². The first-order valence-corrected chi connectivity index (χ1v) is 8.37. The summed E-state index contributed by atoms with van der Waals surface area (Å²) in [5.41, 5.74) is 0.641. The Balaban J connectivity index is 1.98. The van der Waals surface area contributed by atoms with Crippen LogP contribution in [0.5, 0.6) is 5.75 Å². The monoisotopic (exact) mass is 380 g/mol. The first kappa shape index (κ1) is 17.2. The maximum absolute atomic E-state index is 12.5. The minimum absolute atomic E-state index is 0.102. The number of nitrogens with zero attached hydrogens (tertiary/aromatic N) is 2. The van der Waals surface area contributed by atoms with Crippen molar-refractivity contribution in [3.63, 3.8) is 0 Å². The van der Waals surface area contributed by atoms with Gasteiger partial charge in [0.25, 0.3) is 5.91 Å². The van der Waals surface area contributed by atoms with Crippen molar-refractivity contribution < 1.29 is 29.3 Å². The number of carboxylic acid groups (broad SMARTS) is 2. The molecule has 130 valence electrons. The molecule has 1 amide bonds. The van der Waals surface area contributed by atoms with E-state index in [1.54, 1.807) is 29.2 Å². The fraction of sp³-hybridized carbons (Fsp3) is 0.200. The smallest absolute Gasteiger partial charge is 0.323 e. The minimum Gasteiger partial charge on any atom is -0.481 e. The third kappa shape index (κ3) is 3.30. The second-order valence-corrected chi connectivity index (χ2v) is 6.80. The number of hydrogen-bond acceptors (Lipinski definition) is 7. The molecule has 1 saturated heterocycles. The van der Waals surface area contributed by atoms with E-state index in [9.17, 15) is 14.4 Å². The quantitative estimate of drug-likeness (QED) is 0.580. The molecule has 10 heteroatoms. The largest absolute Gasteiger partial charge is 0.481 e. The molecule has 2 N–H and O–H groups in total. The van der Waals surface area contributed by atoms with E-state index in [1.807, 2.05) is 0 Å². The summed E-state index contributed by atoms with van der Waals surface area (Å²) in [4.78, 5) is 37.1. The molecule has 0 saturated carbocycles. The number of carbonyl (C=O) groups excluding carboxylic acids is 1. The van der Waals surface area contributed by atoms with E-state index >= 15 is 0 Å². The van der Waals surface area contributed by atoms with Crippen LogP contribution in [0.25, 0.3) is 0 Å². The lowest BCUT2D eigenvalue weighted by molar-refractivity contribution is -0.140. The Labute approximate surface area is 151 Å². The number of amides is 1. The average Bonchev–Trinajstić information content (AvgIpc) is 3.04. The lowest BCUT2D eigenvalue weighted by atomic mass is 10.2. The van der Waals surface area contributed by atoms with Crippen molar-refractivity contribution in [3.05, 3.63) is 35.1 Å². The zero-order valence-electron chi connectivity index (χ0n) is 12.7. The topological polar surface area (TPSA) is 107 Å². The number of thioether (sulfide) groups is 1. The van der Waals surface area contributed by atoms with Gasteiger partial charge in [0.05, 0.1) is 12.1 Å². The number of fused-ring (bicyclic) bond motifs is 1. The number of anilines is 1. The number of aliphatic carboxylic acids is 2. The highest BCUT2D eigenvalue weighted by atomic mass is 32.2. The van der Waals surface area contributed by atoms with Gasteiger partial charge in [-0.15, -0.1) is 0 Å². The molecule has 2 aliphatic heterocycles. The summed E-state index contributed by atoms with van der Waals surface area (Å²) in [5, 5.41) is 17.9. The van der Waals surface area contributed by atoms with Gasteiger partial charge in [0, 0.05) is 6.54 Å². The lowest BCUT2D eigenvalue weighted by Gasteiger charge is -2.18. The summed E-state index contributed by atoms with van der Waals surface area (Å²) in [6.07, 6.45) is -0.156. The maximum Gasteiger partial charge on any atom is 0.323 e. The van der Waals surface area contributed by atoms with Crippen LogP contribution in [0, 0.1) is 0 Å². The molecule has 8 nitrogen and oxygen atoms in total. The summed E-state index contributed by atoms with van der Waals surface area (Å²) in [7, 11) is 0. The van der Waals surface area contributed by atoms with Crippen molar-refractivity contribution in [1.29, 1.82) is 0 Å². The maximum atomic E-state index is 12.5. The molecule has 0 aliphatic carbocycles.